The van der Waals surface area contributed by atoms with Gasteiger partial charge in [-0.2, -0.15) is 0 Å². The number of aromatic nitrogens is 2. The van der Waals surface area contributed by atoms with Gasteiger partial charge in [0.05, 0.1) is 17.9 Å². The van der Waals surface area contributed by atoms with Gasteiger partial charge in [0.1, 0.15) is 11.9 Å². The van der Waals surface area contributed by atoms with Crippen molar-refractivity contribution in [2.24, 2.45) is 0 Å². The van der Waals surface area contributed by atoms with Crippen LogP contribution in [0.4, 0.5) is 0 Å². The molecule has 0 bridgehead atoms. The normalized spacial score (nSPS) is 12.2. The number of nitrogens with zero attached hydrogens (tertiary/aromatic N) is 2. The summed E-state index contributed by atoms with van der Waals surface area (Å²) >= 11 is 12.3. The number of fused-ring (bicyclic) bond motifs is 1. The van der Waals surface area contributed by atoms with Crippen LogP contribution in [0.2, 0.25) is 10.0 Å². The molecule has 0 saturated heterocycles. The van der Waals surface area contributed by atoms with E-state index in [0.29, 0.717) is 22.3 Å². The molecule has 26 heavy (non-hydrogen) atoms. The van der Waals surface area contributed by atoms with E-state index >= 15 is 0 Å². The molecule has 0 radical (unpaired) electrons. The van der Waals surface area contributed by atoms with Gasteiger partial charge in [-0.3, -0.25) is 0 Å². The van der Waals surface area contributed by atoms with Gasteiger partial charge in [0.25, 0.3) is 0 Å². The van der Waals surface area contributed by atoms with Crippen molar-refractivity contribution in [1.82, 2.24) is 9.55 Å². The fourth-order valence-corrected chi connectivity index (χ4v) is 3.38. The van der Waals surface area contributed by atoms with E-state index in [1.165, 1.54) is 10.8 Å². The molecule has 3 aromatic carbocycles. The molecular weight excluding hydrogens is 367 g/mol. The highest BCUT2D eigenvalue weighted by atomic mass is 35.5. The summed E-state index contributed by atoms with van der Waals surface area (Å²) in [6, 6.07) is 19.9. The van der Waals surface area contributed by atoms with E-state index in [0.717, 1.165) is 5.56 Å². The van der Waals surface area contributed by atoms with Crippen LogP contribution >= 0.6 is 23.2 Å². The first-order valence-electron chi connectivity index (χ1n) is 8.25. The van der Waals surface area contributed by atoms with Crippen molar-refractivity contribution in [3.63, 3.8) is 0 Å². The van der Waals surface area contributed by atoms with E-state index in [4.69, 9.17) is 27.9 Å². The molecule has 1 heterocycles. The molecule has 1 atom stereocenters. The number of halogens is 2. The van der Waals surface area contributed by atoms with Crippen LogP contribution in [0.1, 0.15) is 11.7 Å². The number of imidazole rings is 1. The Morgan fingerprint density at radius 2 is 1.81 bits per heavy atom. The SMILES string of the molecule is Clc1ccc(OC(Cn2ccnc2)c2ccc3ccccc3c2)c(Cl)c1. The zero-order valence-electron chi connectivity index (χ0n) is 13.8. The van der Waals surface area contributed by atoms with Gasteiger partial charge in [0.15, 0.2) is 0 Å². The topological polar surface area (TPSA) is 27.1 Å². The molecule has 1 aromatic heterocycles. The molecule has 0 aliphatic rings. The Hall–Kier alpha value is -2.49. The first kappa shape index (κ1) is 17.0. The molecular formula is C21H16Cl2N2O. The molecule has 4 rings (SSSR count). The van der Waals surface area contributed by atoms with Gasteiger partial charge in [0.2, 0.25) is 0 Å². The van der Waals surface area contributed by atoms with Gasteiger partial charge in [-0.1, -0.05) is 59.6 Å². The van der Waals surface area contributed by atoms with Crippen molar-refractivity contribution in [1.29, 1.82) is 0 Å². The van der Waals surface area contributed by atoms with Crippen LogP contribution in [0.15, 0.2) is 79.4 Å². The lowest BCUT2D eigenvalue weighted by molar-refractivity contribution is 0.183. The average molecular weight is 383 g/mol. The monoisotopic (exact) mass is 382 g/mol. The van der Waals surface area contributed by atoms with Gasteiger partial charge in [-0.05, 0) is 40.6 Å². The molecule has 4 aromatic rings. The molecule has 0 aliphatic carbocycles. The predicted molar refractivity (Wildman–Crippen MR) is 106 cm³/mol. The number of ether oxygens (including phenoxy) is 1. The maximum absolute atomic E-state index is 6.31. The Morgan fingerprint density at radius 1 is 0.962 bits per heavy atom. The summed E-state index contributed by atoms with van der Waals surface area (Å²) in [5, 5.41) is 3.45. The standard InChI is InChI=1S/C21H16Cl2N2O/c22-18-7-8-20(19(23)12-18)26-21(13-25-10-9-24-14-25)17-6-5-15-3-1-2-4-16(15)11-17/h1-12,14,21H,13H2. The molecule has 0 aliphatic heterocycles. The van der Waals surface area contributed by atoms with E-state index in [2.05, 4.69) is 35.3 Å². The third kappa shape index (κ3) is 3.69. The molecule has 130 valence electrons. The Labute approximate surface area is 161 Å². The number of rotatable bonds is 5. The van der Waals surface area contributed by atoms with Crippen LogP contribution < -0.4 is 4.74 Å². The van der Waals surface area contributed by atoms with E-state index in [9.17, 15) is 0 Å². The van der Waals surface area contributed by atoms with Crippen molar-refractivity contribution < 1.29 is 4.74 Å². The quantitative estimate of drug-likeness (QED) is 0.413. The summed E-state index contributed by atoms with van der Waals surface area (Å²) in [4.78, 5) is 4.12. The van der Waals surface area contributed by atoms with E-state index in [1.54, 1.807) is 30.7 Å². The lowest BCUT2D eigenvalue weighted by Gasteiger charge is -2.21. The zero-order chi connectivity index (χ0) is 17.9. The van der Waals surface area contributed by atoms with Crippen molar-refractivity contribution in [3.8, 4) is 5.75 Å². The highest BCUT2D eigenvalue weighted by Gasteiger charge is 2.17. The molecule has 0 fully saturated rings. The van der Waals surface area contributed by atoms with Crippen LogP contribution in [0, 0.1) is 0 Å². The first-order valence-corrected chi connectivity index (χ1v) is 9.01. The predicted octanol–water partition coefficient (Wildman–Crippen LogP) is 6.16. The first-order chi connectivity index (χ1) is 12.7. The lowest BCUT2D eigenvalue weighted by Crippen LogP contribution is -2.15. The summed E-state index contributed by atoms with van der Waals surface area (Å²) < 4.78 is 8.26. The van der Waals surface area contributed by atoms with Crippen molar-refractivity contribution in [3.05, 3.63) is 95.0 Å². The maximum atomic E-state index is 6.31. The second-order valence-corrected chi connectivity index (χ2v) is 6.89. The Morgan fingerprint density at radius 3 is 2.58 bits per heavy atom. The minimum Gasteiger partial charge on any atom is -0.482 e. The molecule has 0 amide bonds. The highest BCUT2D eigenvalue weighted by molar-refractivity contribution is 6.35. The summed E-state index contributed by atoms with van der Waals surface area (Å²) in [5.74, 6) is 0.606. The fourth-order valence-electron chi connectivity index (χ4n) is 2.93. The Balaban J connectivity index is 1.71. The van der Waals surface area contributed by atoms with Gasteiger partial charge < -0.3 is 9.30 Å². The maximum Gasteiger partial charge on any atom is 0.142 e. The molecule has 3 nitrogen and oxygen atoms in total. The third-order valence-electron chi connectivity index (χ3n) is 4.24. The van der Waals surface area contributed by atoms with Gasteiger partial charge in [-0.25, -0.2) is 4.98 Å². The Kier molecular flexibility index (Phi) is 4.83. The Bertz CT molecular complexity index is 1030. The largest absolute Gasteiger partial charge is 0.482 e. The summed E-state index contributed by atoms with van der Waals surface area (Å²) in [7, 11) is 0. The minimum atomic E-state index is -0.215. The van der Waals surface area contributed by atoms with Gasteiger partial charge in [-0.15, -0.1) is 0 Å². The van der Waals surface area contributed by atoms with Crippen LogP contribution in [-0.2, 0) is 6.54 Å². The van der Waals surface area contributed by atoms with Gasteiger partial charge >= 0.3 is 0 Å². The van der Waals surface area contributed by atoms with Crippen molar-refractivity contribution in [2.45, 2.75) is 12.6 Å². The van der Waals surface area contributed by atoms with E-state index in [1.807, 2.05) is 22.9 Å². The zero-order valence-corrected chi connectivity index (χ0v) is 15.4. The highest BCUT2D eigenvalue weighted by Crippen LogP contribution is 2.33. The fraction of sp³-hybridized carbons (Fsp3) is 0.0952. The summed E-state index contributed by atoms with van der Waals surface area (Å²) in [6.45, 7) is 0.622. The van der Waals surface area contributed by atoms with Crippen LogP contribution in [0.3, 0.4) is 0 Å². The summed E-state index contributed by atoms with van der Waals surface area (Å²) in [6.07, 6.45) is 5.24. The number of hydrogen-bond acceptors (Lipinski definition) is 2. The van der Waals surface area contributed by atoms with Crippen molar-refractivity contribution >= 4 is 34.0 Å². The molecule has 1 unspecified atom stereocenters. The molecule has 0 N–H and O–H groups in total. The molecule has 5 heteroatoms. The second-order valence-electron chi connectivity index (χ2n) is 6.05. The minimum absolute atomic E-state index is 0.215. The third-order valence-corrected chi connectivity index (χ3v) is 4.77. The van der Waals surface area contributed by atoms with E-state index in [-0.39, 0.29) is 6.10 Å². The lowest BCUT2D eigenvalue weighted by atomic mass is 10.0. The number of hydrogen-bond donors (Lipinski definition) is 0. The second kappa shape index (κ2) is 7.40. The smallest absolute Gasteiger partial charge is 0.142 e. The van der Waals surface area contributed by atoms with Crippen LogP contribution in [-0.4, -0.2) is 9.55 Å². The van der Waals surface area contributed by atoms with Crippen LogP contribution in [0.25, 0.3) is 10.8 Å². The summed E-state index contributed by atoms with van der Waals surface area (Å²) in [5.41, 5.74) is 1.07. The van der Waals surface area contributed by atoms with Gasteiger partial charge in [0, 0.05) is 17.4 Å². The van der Waals surface area contributed by atoms with E-state index < -0.39 is 0 Å². The molecule has 0 saturated carbocycles. The number of benzene rings is 3. The van der Waals surface area contributed by atoms with Crippen LogP contribution in [0.5, 0.6) is 5.75 Å². The van der Waals surface area contributed by atoms with Crippen molar-refractivity contribution in [2.75, 3.05) is 0 Å². The average Bonchev–Trinajstić information content (AvgIpc) is 3.16. The molecule has 0 spiro atoms.